The molecule has 2 aromatic heterocycles. The molecule has 2 aromatic carbocycles. The second kappa shape index (κ2) is 10.3. The van der Waals surface area contributed by atoms with E-state index in [1.807, 2.05) is 74.4 Å². The lowest BCUT2D eigenvalue weighted by Gasteiger charge is -2.18. The van der Waals surface area contributed by atoms with Gasteiger partial charge < -0.3 is 15.0 Å². The van der Waals surface area contributed by atoms with Gasteiger partial charge in [-0.1, -0.05) is 23.7 Å². The Kier molecular flexibility index (Phi) is 7.24. The molecule has 0 bridgehead atoms. The van der Waals surface area contributed by atoms with Gasteiger partial charge >= 0.3 is 0 Å². The van der Waals surface area contributed by atoms with Gasteiger partial charge in [0.15, 0.2) is 0 Å². The van der Waals surface area contributed by atoms with Crippen LogP contribution in [0, 0.1) is 6.92 Å². The number of fused-ring (bicyclic) bond motifs is 1. The van der Waals surface area contributed by atoms with E-state index in [2.05, 4.69) is 33.4 Å². The Morgan fingerprint density at radius 1 is 1.24 bits per heavy atom. The lowest BCUT2D eigenvalue weighted by atomic mass is 10.1. The standard InChI is InChI=1S/C26H30ClN5O2/c1-17(12-28-26(33)25-18(2)23-11-21(27)8-9-24(23)30-25)34-22-7-5-6-19(10-22)14-31(3)15-20-13-29-32(4)16-20/h5-11,13,16-17,30H,12,14-15H2,1-4H3,(H,28,33)/t17-/m1/s1. The van der Waals surface area contributed by atoms with E-state index in [1.165, 1.54) is 5.56 Å². The number of halogens is 1. The van der Waals surface area contributed by atoms with E-state index in [-0.39, 0.29) is 12.0 Å². The first-order chi connectivity index (χ1) is 16.3. The third-order valence-corrected chi connectivity index (χ3v) is 5.93. The number of ether oxygens (including phenoxy) is 1. The summed E-state index contributed by atoms with van der Waals surface area (Å²) in [5.41, 5.74) is 4.65. The zero-order valence-corrected chi connectivity index (χ0v) is 20.7. The summed E-state index contributed by atoms with van der Waals surface area (Å²) < 4.78 is 7.89. The minimum atomic E-state index is -0.188. The molecule has 1 amide bonds. The second-order valence-corrected chi connectivity index (χ2v) is 9.23. The number of nitrogens with one attached hydrogen (secondary N) is 2. The number of carbonyl (C=O) groups is 1. The highest BCUT2D eigenvalue weighted by Crippen LogP contribution is 2.25. The molecule has 8 heteroatoms. The number of aryl methyl sites for hydroxylation is 2. The van der Waals surface area contributed by atoms with Gasteiger partial charge in [0.25, 0.3) is 5.91 Å². The predicted octanol–water partition coefficient (Wildman–Crippen LogP) is 4.69. The molecule has 0 spiro atoms. The molecule has 4 aromatic rings. The molecule has 0 fully saturated rings. The van der Waals surface area contributed by atoms with Gasteiger partial charge in [0.05, 0.1) is 12.7 Å². The van der Waals surface area contributed by atoms with Gasteiger partial charge in [-0.15, -0.1) is 0 Å². The van der Waals surface area contributed by atoms with Crippen molar-refractivity contribution in [3.8, 4) is 5.75 Å². The molecule has 0 aliphatic rings. The molecule has 2 heterocycles. The third-order valence-electron chi connectivity index (χ3n) is 5.70. The van der Waals surface area contributed by atoms with Crippen LogP contribution in [-0.2, 0) is 20.1 Å². The van der Waals surface area contributed by atoms with Crippen molar-refractivity contribution < 1.29 is 9.53 Å². The van der Waals surface area contributed by atoms with E-state index < -0.39 is 0 Å². The maximum Gasteiger partial charge on any atom is 0.268 e. The lowest BCUT2D eigenvalue weighted by Crippen LogP contribution is -2.34. The van der Waals surface area contributed by atoms with E-state index >= 15 is 0 Å². The van der Waals surface area contributed by atoms with Crippen molar-refractivity contribution in [3.63, 3.8) is 0 Å². The molecule has 0 saturated carbocycles. The molecule has 0 radical (unpaired) electrons. The summed E-state index contributed by atoms with van der Waals surface area (Å²) in [5.74, 6) is 0.622. The number of benzene rings is 2. The number of hydrogen-bond donors (Lipinski definition) is 2. The van der Waals surface area contributed by atoms with Crippen molar-refractivity contribution in [2.75, 3.05) is 13.6 Å². The van der Waals surface area contributed by atoms with E-state index in [4.69, 9.17) is 16.3 Å². The van der Waals surface area contributed by atoms with Crippen molar-refractivity contribution in [2.24, 2.45) is 7.05 Å². The van der Waals surface area contributed by atoms with Gasteiger partial charge in [0.1, 0.15) is 17.5 Å². The minimum absolute atomic E-state index is 0.161. The molecule has 7 nitrogen and oxygen atoms in total. The fourth-order valence-corrected chi connectivity index (χ4v) is 4.25. The maximum absolute atomic E-state index is 12.8. The number of nitrogens with zero attached hydrogens (tertiary/aromatic N) is 3. The fraction of sp³-hybridized carbons (Fsp3) is 0.308. The molecular formula is C26H30ClN5O2. The van der Waals surface area contributed by atoms with Gasteiger partial charge in [0.2, 0.25) is 0 Å². The van der Waals surface area contributed by atoms with Crippen molar-refractivity contribution >= 4 is 28.4 Å². The first-order valence-corrected chi connectivity index (χ1v) is 11.6. The van der Waals surface area contributed by atoms with Crippen molar-refractivity contribution in [1.82, 2.24) is 25.0 Å². The van der Waals surface area contributed by atoms with Gasteiger partial charge in [-0.25, -0.2) is 0 Å². The van der Waals surface area contributed by atoms with Crippen LogP contribution < -0.4 is 10.1 Å². The zero-order chi connectivity index (χ0) is 24.2. The fourth-order valence-electron chi connectivity index (χ4n) is 4.07. The highest BCUT2D eigenvalue weighted by atomic mass is 35.5. The summed E-state index contributed by atoms with van der Waals surface area (Å²) in [6.07, 6.45) is 3.73. The Morgan fingerprint density at radius 3 is 2.79 bits per heavy atom. The summed E-state index contributed by atoms with van der Waals surface area (Å²) in [4.78, 5) is 18.2. The topological polar surface area (TPSA) is 75.2 Å². The molecule has 0 aliphatic carbocycles. The average molecular weight is 480 g/mol. The number of carbonyl (C=O) groups excluding carboxylic acids is 1. The number of aromatic amines is 1. The van der Waals surface area contributed by atoms with Crippen LogP contribution in [0.15, 0.2) is 54.9 Å². The Labute approximate surface area is 204 Å². The van der Waals surface area contributed by atoms with Crippen LogP contribution in [0.5, 0.6) is 5.75 Å². The number of H-pyrrole nitrogens is 1. The molecule has 0 unspecified atom stereocenters. The predicted molar refractivity (Wildman–Crippen MR) is 135 cm³/mol. The summed E-state index contributed by atoms with van der Waals surface area (Å²) >= 11 is 6.10. The smallest absolute Gasteiger partial charge is 0.268 e. The van der Waals surface area contributed by atoms with Crippen LogP contribution in [-0.4, -0.2) is 45.3 Å². The molecular weight excluding hydrogens is 450 g/mol. The van der Waals surface area contributed by atoms with Crippen LogP contribution >= 0.6 is 11.6 Å². The number of amides is 1. The Hall–Kier alpha value is -3.29. The Bertz CT molecular complexity index is 1300. The van der Waals surface area contributed by atoms with E-state index in [9.17, 15) is 4.79 Å². The van der Waals surface area contributed by atoms with Crippen LogP contribution in [0.1, 0.15) is 34.1 Å². The highest BCUT2D eigenvalue weighted by Gasteiger charge is 2.16. The SMILES string of the molecule is Cc1c(C(=O)NC[C@@H](C)Oc2cccc(CN(C)Cc3cnn(C)c3)c2)[nH]c2ccc(Cl)cc12. The summed E-state index contributed by atoms with van der Waals surface area (Å²) in [5, 5.41) is 8.79. The highest BCUT2D eigenvalue weighted by molar-refractivity contribution is 6.31. The molecule has 178 valence electrons. The number of aromatic nitrogens is 3. The second-order valence-electron chi connectivity index (χ2n) is 8.80. The largest absolute Gasteiger partial charge is 0.489 e. The normalized spacial score (nSPS) is 12.3. The number of hydrogen-bond acceptors (Lipinski definition) is 4. The van der Waals surface area contributed by atoms with E-state index in [0.717, 1.165) is 40.9 Å². The molecule has 4 rings (SSSR count). The maximum atomic E-state index is 12.8. The lowest BCUT2D eigenvalue weighted by molar-refractivity contribution is 0.0927. The van der Waals surface area contributed by atoms with Crippen LogP contribution in [0.25, 0.3) is 10.9 Å². The summed E-state index contributed by atoms with van der Waals surface area (Å²) in [6.45, 7) is 5.86. The van der Waals surface area contributed by atoms with Gasteiger partial charge in [-0.2, -0.15) is 5.10 Å². The van der Waals surface area contributed by atoms with Gasteiger partial charge in [-0.05, 0) is 62.4 Å². The number of rotatable bonds is 9. The van der Waals surface area contributed by atoms with Crippen molar-refractivity contribution in [1.29, 1.82) is 0 Å². The van der Waals surface area contributed by atoms with E-state index in [1.54, 1.807) is 0 Å². The Morgan fingerprint density at radius 2 is 2.03 bits per heavy atom. The zero-order valence-electron chi connectivity index (χ0n) is 19.9. The Balaban J connectivity index is 1.31. The molecule has 0 aliphatic heterocycles. The van der Waals surface area contributed by atoms with Gasteiger partial charge in [-0.3, -0.25) is 14.4 Å². The molecule has 1 atom stereocenters. The summed E-state index contributed by atoms with van der Waals surface area (Å²) in [6, 6.07) is 13.6. The molecule has 0 saturated heterocycles. The monoisotopic (exact) mass is 479 g/mol. The first kappa shape index (κ1) is 23.9. The van der Waals surface area contributed by atoms with E-state index in [0.29, 0.717) is 17.3 Å². The summed E-state index contributed by atoms with van der Waals surface area (Å²) in [7, 11) is 4.00. The molecule has 34 heavy (non-hydrogen) atoms. The van der Waals surface area contributed by atoms with Crippen molar-refractivity contribution in [2.45, 2.75) is 33.0 Å². The average Bonchev–Trinajstić information content (AvgIpc) is 3.34. The van der Waals surface area contributed by atoms with Crippen LogP contribution in [0.4, 0.5) is 0 Å². The van der Waals surface area contributed by atoms with Crippen LogP contribution in [0.2, 0.25) is 5.02 Å². The minimum Gasteiger partial charge on any atom is -0.489 e. The van der Waals surface area contributed by atoms with Crippen LogP contribution in [0.3, 0.4) is 0 Å². The van der Waals surface area contributed by atoms with Gasteiger partial charge in [0, 0.05) is 47.8 Å². The van der Waals surface area contributed by atoms with Crippen molar-refractivity contribution in [3.05, 3.63) is 82.3 Å². The quantitative estimate of drug-likeness (QED) is 0.365. The first-order valence-electron chi connectivity index (χ1n) is 11.3. The molecule has 2 N–H and O–H groups in total. The third kappa shape index (κ3) is 5.79.